The van der Waals surface area contributed by atoms with Crippen molar-refractivity contribution < 1.29 is 5.11 Å². The fourth-order valence-corrected chi connectivity index (χ4v) is 5.77. The molecule has 1 heteroatoms. The lowest BCUT2D eigenvalue weighted by atomic mass is 9.46. The molecule has 0 radical (unpaired) electrons. The third-order valence-electron chi connectivity index (χ3n) is 7.54. The molecule has 0 aromatic rings. The van der Waals surface area contributed by atoms with Gasteiger partial charge in [-0.2, -0.15) is 0 Å². The molecule has 6 atom stereocenters. The summed E-state index contributed by atoms with van der Waals surface area (Å²) in [6.45, 7) is 15.5. The predicted molar refractivity (Wildman–Crippen MR) is 84.3 cm³/mol. The van der Waals surface area contributed by atoms with Gasteiger partial charge in [0.25, 0.3) is 0 Å². The molecule has 0 aliphatic heterocycles. The van der Waals surface area contributed by atoms with Crippen LogP contribution in [0, 0.1) is 28.1 Å². The van der Waals surface area contributed by atoms with E-state index in [1.54, 1.807) is 0 Å². The summed E-state index contributed by atoms with van der Waals surface area (Å²) in [5.41, 5.74) is 1.99. The van der Waals surface area contributed by atoms with Crippen molar-refractivity contribution in [2.45, 2.75) is 65.4 Å². The number of aliphatic hydroxyl groups is 1. The second-order valence-corrected chi connectivity index (χ2v) is 8.55. The minimum atomic E-state index is -0.270. The van der Waals surface area contributed by atoms with E-state index in [9.17, 15) is 5.11 Å². The molecule has 0 aromatic carbocycles. The molecule has 112 valence electrons. The number of rotatable bonds is 1. The molecule has 0 amide bonds. The van der Waals surface area contributed by atoms with Gasteiger partial charge in [0.2, 0.25) is 0 Å². The Kier molecular flexibility index (Phi) is 3.04. The molecule has 0 aromatic heterocycles. The number of hydrogen-bond donors (Lipinski definition) is 1. The molecule has 1 N–H and O–H groups in total. The van der Waals surface area contributed by atoms with Gasteiger partial charge >= 0.3 is 0 Å². The molecule has 0 saturated heterocycles. The molecule has 0 spiro atoms. The van der Waals surface area contributed by atoms with E-state index < -0.39 is 0 Å². The van der Waals surface area contributed by atoms with Crippen molar-refractivity contribution in [3.8, 4) is 0 Å². The van der Waals surface area contributed by atoms with Crippen LogP contribution in [0.1, 0.15) is 59.3 Å². The van der Waals surface area contributed by atoms with Gasteiger partial charge in [-0.1, -0.05) is 33.4 Å². The van der Waals surface area contributed by atoms with Gasteiger partial charge in [0, 0.05) is 0 Å². The quantitative estimate of drug-likeness (QED) is 0.686. The van der Waals surface area contributed by atoms with E-state index in [-0.39, 0.29) is 11.5 Å². The summed E-state index contributed by atoms with van der Waals surface area (Å²) in [5.74, 6) is 1.40. The molecule has 3 fully saturated rings. The first-order valence-corrected chi connectivity index (χ1v) is 8.26. The summed E-state index contributed by atoms with van der Waals surface area (Å²) in [6, 6.07) is 0. The van der Waals surface area contributed by atoms with Crippen molar-refractivity contribution in [3.63, 3.8) is 0 Å². The lowest BCUT2D eigenvalue weighted by Gasteiger charge is -2.58. The van der Waals surface area contributed by atoms with Gasteiger partial charge in [-0.15, -0.1) is 6.58 Å². The summed E-state index contributed by atoms with van der Waals surface area (Å²) in [7, 11) is 0. The highest BCUT2D eigenvalue weighted by atomic mass is 16.3. The average molecular weight is 274 g/mol. The topological polar surface area (TPSA) is 20.2 Å². The normalized spacial score (nSPS) is 55.2. The standard InChI is InChI=1S/C19H30O/c1-6-17(3)9-10-19(5)14(12-17)7-8-18(4)13(2)15(20)11-16(18)19/h6,14-16,20H,1-2,7-12H2,3-5H3. The molecule has 3 aliphatic carbocycles. The Hall–Kier alpha value is -0.560. The van der Waals surface area contributed by atoms with E-state index in [1.807, 2.05) is 0 Å². The molecule has 0 heterocycles. The van der Waals surface area contributed by atoms with Crippen LogP contribution in [0.4, 0.5) is 0 Å². The van der Waals surface area contributed by atoms with Crippen LogP contribution in [0.3, 0.4) is 0 Å². The minimum Gasteiger partial charge on any atom is -0.389 e. The van der Waals surface area contributed by atoms with Gasteiger partial charge in [0.15, 0.2) is 0 Å². The number of fused-ring (bicyclic) bond motifs is 3. The van der Waals surface area contributed by atoms with Crippen LogP contribution >= 0.6 is 0 Å². The van der Waals surface area contributed by atoms with E-state index in [0.29, 0.717) is 16.7 Å². The molecule has 3 saturated carbocycles. The van der Waals surface area contributed by atoms with Crippen LogP contribution in [-0.4, -0.2) is 11.2 Å². The molecule has 3 aliphatic rings. The summed E-state index contributed by atoms with van der Waals surface area (Å²) >= 11 is 0. The van der Waals surface area contributed by atoms with Crippen molar-refractivity contribution in [1.82, 2.24) is 0 Å². The first-order valence-electron chi connectivity index (χ1n) is 8.26. The molecule has 20 heavy (non-hydrogen) atoms. The predicted octanol–water partition coefficient (Wildman–Crippen LogP) is 4.72. The molecular weight excluding hydrogens is 244 g/mol. The third-order valence-corrected chi connectivity index (χ3v) is 7.54. The van der Waals surface area contributed by atoms with Crippen LogP contribution in [0.5, 0.6) is 0 Å². The summed E-state index contributed by atoms with van der Waals surface area (Å²) in [5, 5.41) is 10.3. The Labute approximate surface area is 124 Å². The number of hydrogen-bond acceptors (Lipinski definition) is 1. The maximum absolute atomic E-state index is 10.3. The van der Waals surface area contributed by atoms with E-state index >= 15 is 0 Å². The molecule has 3 rings (SSSR count). The van der Waals surface area contributed by atoms with E-state index in [2.05, 4.69) is 40.0 Å². The van der Waals surface area contributed by atoms with Gasteiger partial charge in [-0.3, -0.25) is 0 Å². The Bertz CT molecular complexity index is 453. The Balaban J connectivity index is 1.94. The minimum absolute atomic E-state index is 0.173. The van der Waals surface area contributed by atoms with Crippen LogP contribution in [0.25, 0.3) is 0 Å². The van der Waals surface area contributed by atoms with Crippen molar-refractivity contribution in [2.24, 2.45) is 28.1 Å². The highest BCUT2D eigenvalue weighted by molar-refractivity contribution is 5.27. The zero-order valence-electron chi connectivity index (χ0n) is 13.4. The lowest BCUT2D eigenvalue weighted by Crippen LogP contribution is -2.50. The molecule has 6 unspecified atom stereocenters. The van der Waals surface area contributed by atoms with Gasteiger partial charge in [0.05, 0.1) is 6.10 Å². The highest BCUT2D eigenvalue weighted by Gasteiger charge is 2.60. The second kappa shape index (κ2) is 4.22. The second-order valence-electron chi connectivity index (χ2n) is 8.55. The van der Waals surface area contributed by atoms with Crippen LogP contribution < -0.4 is 0 Å². The van der Waals surface area contributed by atoms with Crippen LogP contribution in [0.2, 0.25) is 0 Å². The monoisotopic (exact) mass is 274 g/mol. The Morgan fingerprint density at radius 3 is 2.55 bits per heavy atom. The molecule has 0 bridgehead atoms. The van der Waals surface area contributed by atoms with Crippen molar-refractivity contribution in [2.75, 3.05) is 0 Å². The van der Waals surface area contributed by atoms with Crippen molar-refractivity contribution >= 4 is 0 Å². The van der Waals surface area contributed by atoms with E-state index in [0.717, 1.165) is 17.9 Å². The summed E-state index contributed by atoms with van der Waals surface area (Å²) < 4.78 is 0. The van der Waals surface area contributed by atoms with E-state index in [1.165, 1.54) is 32.1 Å². The number of aliphatic hydroxyl groups excluding tert-OH is 1. The fraction of sp³-hybridized carbons (Fsp3) is 0.789. The van der Waals surface area contributed by atoms with E-state index in [4.69, 9.17) is 0 Å². The fourth-order valence-electron chi connectivity index (χ4n) is 5.77. The number of allylic oxidation sites excluding steroid dienone is 1. The van der Waals surface area contributed by atoms with Gasteiger partial charge in [-0.05, 0) is 72.2 Å². The highest BCUT2D eigenvalue weighted by Crippen LogP contribution is 2.68. The van der Waals surface area contributed by atoms with Crippen molar-refractivity contribution in [1.29, 1.82) is 0 Å². The van der Waals surface area contributed by atoms with Crippen LogP contribution in [0.15, 0.2) is 24.8 Å². The van der Waals surface area contributed by atoms with Crippen LogP contribution in [-0.2, 0) is 0 Å². The third kappa shape index (κ3) is 1.71. The van der Waals surface area contributed by atoms with Gasteiger partial charge in [-0.25, -0.2) is 0 Å². The Morgan fingerprint density at radius 1 is 1.20 bits per heavy atom. The molecular formula is C19H30O. The largest absolute Gasteiger partial charge is 0.389 e. The summed E-state index contributed by atoms with van der Waals surface area (Å²) in [4.78, 5) is 0. The summed E-state index contributed by atoms with van der Waals surface area (Å²) in [6.07, 6.45) is 9.16. The Morgan fingerprint density at radius 2 is 1.90 bits per heavy atom. The maximum Gasteiger partial charge on any atom is 0.0756 e. The lowest BCUT2D eigenvalue weighted by molar-refractivity contribution is -0.0768. The molecule has 1 nitrogen and oxygen atoms in total. The SMILES string of the molecule is C=CC1(C)CCC2(C)C(CCC3(C)C(=C)C(O)CC32)C1. The van der Waals surface area contributed by atoms with Gasteiger partial charge in [0.1, 0.15) is 0 Å². The van der Waals surface area contributed by atoms with Crippen molar-refractivity contribution in [3.05, 3.63) is 24.8 Å². The smallest absolute Gasteiger partial charge is 0.0756 e. The maximum atomic E-state index is 10.3. The van der Waals surface area contributed by atoms with Gasteiger partial charge < -0.3 is 5.11 Å². The zero-order chi connectivity index (χ0) is 14.8. The first kappa shape index (κ1) is 14.4. The average Bonchev–Trinajstić information content (AvgIpc) is 2.66. The zero-order valence-corrected chi connectivity index (χ0v) is 13.4. The first-order chi connectivity index (χ1) is 9.25.